The van der Waals surface area contributed by atoms with Crippen molar-refractivity contribution in [3.8, 4) is 0 Å². The van der Waals surface area contributed by atoms with Crippen LogP contribution in [0.5, 0.6) is 0 Å². The highest BCUT2D eigenvalue weighted by Gasteiger charge is 2.30. The molecule has 2 rings (SSSR count). The van der Waals surface area contributed by atoms with E-state index in [4.69, 9.17) is 0 Å². The second-order valence-electron chi connectivity index (χ2n) is 7.71. The Hall–Kier alpha value is -1.76. The minimum absolute atomic E-state index is 0.00248. The largest absolute Gasteiger partial charge is 0.336 e. The molecule has 0 spiro atoms. The van der Waals surface area contributed by atoms with Gasteiger partial charge in [-0.25, -0.2) is 0 Å². The van der Waals surface area contributed by atoms with E-state index in [2.05, 4.69) is 94.2 Å². The average molecular weight is 338 g/mol. The number of allylic oxidation sites excluding steroid dienone is 4. The van der Waals surface area contributed by atoms with E-state index >= 15 is 0 Å². The minimum Gasteiger partial charge on any atom is -0.336 e. The molecule has 0 heterocycles. The quantitative estimate of drug-likeness (QED) is 0.491. The Balaban J connectivity index is 2.16. The van der Waals surface area contributed by atoms with Crippen LogP contribution in [0.1, 0.15) is 65.9 Å². The number of hydrogen-bond donors (Lipinski definition) is 0. The molecular weight excluding hydrogens is 302 g/mol. The van der Waals surface area contributed by atoms with Gasteiger partial charge in [0.25, 0.3) is 0 Å². The van der Waals surface area contributed by atoms with Crippen LogP contribution in [0.25, 0.3) is 0 Å². The number of nitrogens with zero attached hydrogens (tertiary/aromatic N) is 1. The molecule has 0 radical (unpaired) electrons. The molecule has 0 fully saturated rings. The maximum Gasteiger partial charge on any atom is 0.0639 e. The summed E-state index contributed by atoms with van der Waals surface area (Å²) in [6, 6.07) is 9.22. The third kappa shape index (κ3) is 5.11. The van der Waals surface area contributed by atoms with Crippen molar-refractivity contribution >= 4 is 5.69 Å². The predicted molar refractivity (Wildman–Crippen MR) is 112 cm³/mol. The van der Waals surface area contributed by atoms with E-state index in [0.29, 0.717) is 0 Å². The fraction of sp³-hybridized carbons (Fsp3) is 0.500. The van der Waals surface area contributed by atoms with Gasteiger partial charge in [-0.1, -0.05) is 69.2 Å². The van der Waals surface area contributed by atoms with Gasteiger partial charge in [-0.15, -0.1) is 0 Å². The highest BCUT2D eigenvalue weighted by Crippen LogP contribution is 2.34. The molecule has 2 unspecified atom stereocenters. The van der Waals surface area contributed by atoms with Gasteiger partial charge in [0.15, 0.2) is 0 Å². The van der Waals surface area contributed by atoms with Crippen LogP contribution in [0.2, 0.25) is 0 Å². The Morgan fingerprint density at radius 2 is 1.92 bits per heavy atom. The lowest BCUT2D eigenvalue weighted by Gasteiger charge is -2.42. The van der Waals surface area contributed by atoms with Crippen molar-refractivity contribution in [2.75, 3.05) is 4.90 Å². The van der Waals surface area contributed by atoms with E-state index in [-0.39, 0.29) is 5.54 Å². The molecule has 1 aromatic carbocycles. The normalized spacial score (nSPS) is 21.4. The second kappa shape index (κ2) is 9.08. The summed E-state index contributed by atoms with van der Waals surface area (Å²) in [5.41, 5.74) is 4.03. The Bertz CT molecular complexity index is 620. The molecule has 0 N–H and O–H groups in total. The van der Waals surface area contributed by atoms with E-state index < -0.39 is 0 Å². The number of hydrogen-bond acceptors (Lipinski definition) is 1. The molecule has 0 saturated carbocycles. The first kappa shape index (κ1) is 19.6. The van der Waals surface area contributed by atoms with Gasteiger partial charge in [0.2, 0.25) is 0 Å². The molecule has 1 heteroatoms. The highest BCUT2D eigenvalue weighted by molar-refractivity contribution is 5.57. The van der Waals surface area contributed by atoms with E-state index in [9.17, 15) is 0 Å². The third-order valence-corrected chi connectivity index (χ3v) is 5.42. The topological polar surface area (TPSA) is 3.24 Å². The number of aryl methyl sites for hydroxylation is 1. The Morgan fingerprint density at radius 3 is 2.48 bits per heavy atom. The number of anilines is 1. The first-order chi connectivity index (χ1) is 12.0. The number of benzene rings is 1. The summed E-state index contributed by atoms with van der Waals surface area (Å²) in [5, 5.41) is 0. The van der Waals surface area contributed by atoms with E-state index in [1.54, 1.807) is 0 Å². The molecule has 2 atom stereocenters. The van der Waals surface area contributed by atoms with Crippen LogP contribution in [-0.4, -0.2) is 5.54 Å². The van der Waals surface area contributed by atoms with Gasteiger partial charge in [-0.3, -0.25) is 0 Å². The highest BCUT2D eigenvalue weighted by atomic mass is 15.2. The monoisotopic (exact) mass is 337 g/mol. The van der Waals surface area contributed by atoms with Crippen LogP contribution in [0.4, 0.5) is 5.69 Å². The Kier molecular flexibility index (Phi) is 7.11. The van der Waals surface area contributed by atoms with Crippen LogP contribution in [0, 0.1) is 5.92 Å². The van der Waals surface area contributed by atoms with Crippen molar-refractivity contribution < 1.29 is 0 Å². The average Bonchev–Trinajstić information content (AvgIpc) is 2.61. The van der Waals surface area contributed by atoms with Gasteiger partial charge >= 0.3 is 0 Å². The van der Waals surface area contributed by atoms with Crippen LogP contribution >= 0.6 is 0 Å². The molecule has 1 aromatic rings. The molecular formula is C24H35N. The van der Waals surface area contributed by atoms with Gasteiger partial charge in [0, 0.05) is 11.4 Å². The van der Waals surface area contributed by atoms with Crippen LogP contribution < -0.4 is 4.90 Å². The fourth-order valence-electron chi connectivity index (χ4n) is 3.77. The lowest BCUT2D eigenvalue weighted by Crippen LogP contribution is -2.44. The van der Waals surface area contributed by atoms with Crippen molar-refractivity contribution in [1.29, 1.82) is 0 Å². The van der Waals surface area contributed by atoms with E-state index in [0.717, 1.165) is 12.3 Å². The standard InChI is InChI=1S/C24H35N/c1-6-11-20(3)12-13-22-14-16-23(17-15-22)25(21(4)7-2)24(5)18-9-8-10-19-24/h7-10,14-18,20H,6,11-13,19H2,1-5H3. The smallest absolute Gasteiger partial charge is 0.0639 e. The Morgan fingerprint density at radius 1 is 1.20 bits per heavy atom. The molecule has 0 aliphatic heterocycles. The molecule has 1 aliphatic rings. The zero-order valence-corrected chi connectivity index (χ0v) is 16.8. The van der Waals surface area contributed by atoms with Crippen LogP contribution in [0.15, 0.2) is 60.3 Å². The molecule has 136 valence electrons. The third-order valence-electron chi connectivity index (χ3n) is 5.42. The first-order valence-electron chi connectivity index (χ1n) is 9.86. The summed E-state index contributed by atoms with van der Waals surface area (Å²) < 4.78 is 0. The zero-order valence-electron chi connectivity index (χ0n) is 16.8. The summed E-state index contributed by atoms with van der Waals surface area (Å²) in [4.78, 5) is 2.47. The fourth-order valence-corrected chi connectivity index (χ4v) is 3.77. The summed E-state index contributed by atoms with van der Waals surface area (Å²) in [6.45, 7) is 11.3. The van der Waals surface area contributed by atoms with Crippen molar-refractivity contribution in [1.82, 2.24) is 0 Å². The van der Waals surface area contributed by atoms with Gasteiger partial charge in [0.05, 0.1) is 5.54 Å². The molecule has 1 nitrogen and oxygen atoms in total. The van der Waals surface area contributed by atoms with Crippen molar-refractivity contribution in [3.63, 3.8) is 0 Å². The van der Waals surface area contributed by atoms with Crippen LogP contribution in [-0.2, 0) is 6.42 Å². The summed E-state index contributed by atoms with van der Waals surface area (Å²) in [7, 11) is 0. The van der Waals surface area contributed by atoms with E-state index in [1.165, 1.54) is 42.6 Å². The second-order valence-corrected chi connectivity index (χ2v) is 7.71. The SMILES string of the molecule is CC=C(C)N(c1ccc(CCC(C)CCC)cc1)C1(C)C=CC=CC1. The van der Waals surface area contributed by atoms with Crippen molar-refractivity contribution in [2.24, 2.45) is 5.92 Å². The lowest BCUT2D eigenvalue weighted by molar-refractivity contribution is 0.486. The molecule has 25 heavy (non-hydrogen) atoms. The van der Waals surface area contributed by atoms with Gasteiger partial charge in [0.1, 0.15) is 0 Å². The predicted octanol–water partition coefficient (Wildman–Crippen LogP) is 7.06. The molecule has 1 aliphatic carbocycles. The summed E-state index contributed by atoms with van der Waals surface area (Å²) in [6.07, 6.45) is 17.2. The minimum atomic E-state index is 0.00248. The van der Waals surface area contributed by atoms with E-state index in [1.807, 2.05) is 0 Å². The van der Waals surface area contributed by atoms with Crippen molar-refractivity contribution in [3.05, 3.63) is 65.9 Å². The number of rotatable bonds is 8. The van der Waals surface area contributed by atoms with Crippen LogP contribution in [0.3, 0.4) is 0 Å². The molecule has 0 saturated heterocycles. The molecule has 0 amide bonds. The van der Waals surface area contributed by atoms with Crippen molar-refractivity contribution in [2.45, 2.75) is 72.3 Å². The first-order valence-corrected chi connectivity index (χ1v) is 9.86. The van der Waals surface area contributed by atoms with Gasteiger partial charge in [-0.2, -0.15) is 0 Å². The lowest BCUT2D eigenvalue weighted by atomic mass is 9.90. The maximum absolute atomic E-state index is 2.47. The zero-order chi connectivity index (χ0) is 18.3. The van der Waals surface area contributed by atoms with Gasteiger partial charge in [-0.05, 0) is 63.6 Å². The van der Waals surface area contributed by atoms with Gasteiger partial charge < -0.3 is 4.90 Å². The Labute approximate surface area is 155 Å². The maximum atomic E-state index is 2.47. The summed E-state index contributed by atoms with van der Waals surface area (Å²) >= 11 is 0. The summed E-state index contributed by atoms with van der Waals surface area (Å²) in [5.74, 6) is 0.824. The molecule has 0 aromatic heterocycles. The molecule has 0 bridgehead atoms.